The average molecular weight is 144 g/mol. The molecule has 1 fully saturated rings. The molecule has 3 nitrogen and oxygen atoms in total. The predicted octanol–water partition coefficient (Wildman–Crippen LogP) is -0.477. The Hall–Kier alpha value is -0.120. The van der Waals surface area contributed by atoms with E-state index in [1.807, 2.05) is 0 Å². The Morgan fingerprint density at radius 1 is 1.60 bits per heavy atom. The van der Waals surface area contributed by atoms with Crippen molar-refractivity contribution in [2.24, 2.45) is 11.7 Å². The molecule has 0 atom stereocenters. The maximum atomic E-state index is 5.47. The first kappa shape index (κ1) is 7.98. The van der Waals surface area contributed by atoms with Crippen LogP contribution in [0.3, 0.4) is 0 Å². The summed E-state index contributed by atoms with van der Waals surface area (Å²) < 4.78 is 4.94. The van der Waals surface area contributed by atoms with E-state index in [-0.39, 0.29) is 0 Å². The van der Waals surface area contributed by atoms with Gasteiger partial charge < -0.3 is 15.4 Å². The Kier molecular flexibility index (Phi) is 3.12. The summed E-state index contributed by atoms with van der Waals surface area (Å²) in [6.45, 7) is 5.08. The van der Waals surface area contributed by atoms with Crippen molar-refractivity contribution in [1.82, 2.24) is 4.90 Å². The normalized spacial score (nSPS) is 21.0. The molecule has 0 aromatic carbocycles. The summed E-state index contributed by atoms with van der Waals surface area (Å²) in [5.41, 5.74) is 5.47. The number of hydrogen-bond acceptors (Lipinski definition) is 3. The van der Waals surface area contributed by atoms with Gasteiger partial charge in [0.1, 0.15) is 0 Å². The fraction of sp³-hybridized carbons (Fsp3) is 1.00. The fourth-order valence-corrected chi connectivity index (χ4v) is 1.23. The molecule has 1 aliphatic heterocycles. The standard InChI is InChI=1S/C7H16N2O/c1-10-3-2-9-5-7(4-8)6-9/h7H,2-6,8H2,1H3. The monoisotopic (exact) mass is 144 g/mol. The molecule has 0 aliphatic carbocycles. The minimum absolute atomic E-state index is 0.747. The minimum atomic E-state index is 0.747. The second-order valence-corrected chi connectivity index (χ2v) is 2.85. The van der Waals surface area contributed by atoms with E-state index in [2.05, 4.69) is 4.90 Å². The highest BCUT2D eigenvalue weighted by Crippen LogP contribution is 2.12. The molecule has 0 amide bonds. The van der Waals surface area contributed by atoms with Crippen LogP contribution in [0.1, 0.15) is 0 Å². The summed E-state index contributed by atoms with van der Waals surface area (Å²) in [7, 11) is 1.74. The molecule has 10 heavy (non-hydrogen) atoms. The lowest BCUT2D eigenvalue weighted by molar-refractivity contribution is 0.0685. The Bertz CT molecular complexity index is 88.9. The van der Waals surface area contributed by atoms with Crippen LogP contribution < -0.4 is 5.73 Å². The second kappa shape index (κ2) is 3.91. The van der Waals surface area contributed by atoms with Crippen LogP contribution in [0.4, 0.5) is 0 Å². The number of nitrogens with two attached hydrogens (primary N) is 1. The summed E-state index contributed by atoms with van der Waals surface area (Å²) in [5.74, 6) is 0.747. The van der Waals surface area contributed by atoms with Crippen molar-refractivity contribution in [3.05, 3.63) is 0 Å². The van der Waals surface area contributed by atoms with E-state index in [1.165, 1.54) is 13.1 Å². The van der Waals surface area contributed by atoms with Crippen molar-refractivity contribution in [3.63, 3.8) is 0 Å². The van der Waals surface area contributed by atoms with Crippen LogP contribution in [-0.2, 0) is 4.74 Å². The van der Waals surface area contributed by atoms with Gasteiger partial charge in [0.05, 0.1) is 6.61 Å². The molecule has 0 bridgehead atoms. The summed E-state index contributed by atoms with van der Waals surface area (Å²) in [4.78, 5) is 2.36. The van der Waals surface area contributed by atoms with Crippen molar-refractivity contribution in [2.45, 2.75) is 0 Å². The number of ether oxygens (including phenoxy) is 1. The molecule has 0 aromatic heterocycles. The average Bonchev–Trinajstić information content (AvgIpc) is 1.86. The Balaban J connectivity index is 1.93. The van der Waals surface area contributed by atoms with Crippen LogP contribution in [0.15, 0.2) is 0 Å². The van der Waals surface area contributed by atoms with Crippen LogP contribution in [-0.4, -0.2) is 44.8 Å². The maximum Gasteiger partial charge on any atom is 0.0589 e. The van der Waals surface area contributed by atoms with Gasteiger partial charge >= 0.3 is 0 Å². The molecule has 3 heteroatoms. The third-order valence-electron chi connectivity index (χ3n) is 1.98. The Labute approximate surface area is 62.1 Å². The molecular formula is C7H16N2O. The number of nitrogens with zero attached hydrogens (tertiary/aromatic N) is 1. The summed E-state index contributed by atoms with van der Waals surface area (Å²) >= 11 is 0. The van der Waals surface area contributed by atoms with Crippen LogP contribution in [0.2, 0.25) is 0 Å². The molecule has 0 saturated carbocycles. The van der Waals surface area contributed by atoms with Crippen LogP contribution in [0.5, 0.6) is 0 Å². The van der Waals surface area contributed by atoms with Gasteiger partial charge in [-0.3, -0.25) is 0 Å². The van der Waals surface area contributed by atoms with Gasteiger partial charge in [0.15, 0.2) is 0 Å². The molecular weight excluding hydrogens is 128 g/mol. The molecule has 1 heterocycles. The van der Waals surface area contributed by atoms with Crippen molar-refractivity contribution in [1.29, 1.82) is 0 Å². The summed E-state index contributed by atoms with van der Waals surface area (Å²) in [6, 6.07) is 0. The highest BCUT2D eigenvalue weighted by atomic mass is 16.5. The van der Waals surface area contributed by atoms with E-state index < -0.39 is 0 Å². The van der Waals surface area contributed by atoms with Gasteiger partial charge in [0, 0.05) is 26.7 Å². The molecule has 0 aromatic rings. The number of hydrogen-bond donors (Lipinski definition) is 1. The zero-order valence-electron chi connectivity index (χ0n) is 6.55. The van der Waals surface area contributed by atoms with Gasteiger partial charge in [-0.1, -0.05) is 0 Å². The zero-order valence-corrected chi connectivity index (χ0v) is 6.55. The van der Waals surface area contributed by atoms with Gasteiger partial charge in [-0.05, 0) is 12.5 Å². The molecule has 1 aliphatic rings. The number of rotatable bonds is 4. The largest absolute Gasteiger partial charge is 0.383 e. The number of likely N-dealkylation sites (tertiary alicyclic amines) is 1. The van der Waals surface area contributed by atoms with Gasteiger partial charge in [-0.25, -0.2) is 0 Å². The van der Waals surface area contributed by atoms with E-state index in [4.69, 9.17) is 10.5 Å². The molecule has 0 unspecified atom stereocenters. The van der Waals surface area contributed by atoms with E-state index in [1.54, 1.807) is 7.11 Å². The summed E-state index contributed by atoms with van der Waals surface area (Å²) in [6.07, 6.45) is 0. The topological polar surface area (TPSA) is 38.5 Å². The molecule has 2 N–H and O–H groups in total. The minimum Gasteiger partial charge on any atom is -0.383 e. The van der Waals surface area contributed by atoms with Crippen molar-refractivity contribution in [2.75, 3.05) is 39.9 Å². The SMILES string of the molecule is COCCN1CC(CN)C1. The molecule has 60 valence electrons. The first-order valence-corrected chi connectivity index (χ1v) is 3.78. The highest BCUT2D eigenvalue weighted by molar-refractivity contribution is 4.79. The highest BCUT2D eigenvalue weighted by Gasteiger charge is 2.23. The van der Waals surface area contributed by atoms with Gasteiger partial charge in [-0.2, -0.15) is 0 Å². The predicted molar refractivity (Wildman–Crippen MR) is 40.9 cm³/mol. The van der Waals surface area contributed by atoms with E-state index in [9.17, 15) is 0 Å². The Morgan fingerprint density at radius 2 is 2.30 bits per heavy atom. The lowest BCUT2D eigenvalue weighted by Gasteiger charge is -2.38. The molecule has 0 radical (unpaired) electrons. The lowest BCUT2D eigenvalue weighted by atomic mass is 10.0. The van der Waals surface area contributed by atoms with Gasteiger partial charge in [0.2, 0.25) is 0 Å². The number of methoxy groups -OCH3 is 1. The quantitative estimate of drug-likeness (QED) is 0.579. The van der Waals surface area contributed by atoms with Crippen molar-refractivity contribution >= 4 is 0 Å². The van der Waals surface area contributed by atoms with Crippen LogP contribution >= 0.6 is 0 Å². The zero-order chi connectivity index (χ0) is 7.40. The van der Waals surface area contributed by atoms with Crippen LogP contribution in [0.25, 0.3) is 0 Å². The third kappa shape index (κ3) is 1.94. The van der Waals surface area contributed by atoms with E-state index in [0.29, 0.717) is 0 Å². The molecule has 1 saturated heterocycles. The van der Waals surface area contributed by atoms with E-state index in [0.717, 1.165) is 25.6 Å². The third-order valence-corrected chi connectivity index (χ3v) is 1.98. The van der Waals surface area contributed by atoms with Gasteiger partial charge in [0.25, 0.3) is 0 Å². The van der Waals surface area contributed by atoms with Crippen molar-refractivity contribution < 1.29 is 4.74 Å². The molecule has 0 spiro atoms. The first-order chi connectivity index (χ1) is 4.86. The Morgan fingerprint density at radius 3 is 2.80 bits per heavy atom. The fourth-order valence-electron chi connectivity index (χ4n) is 1.23. The van der Waals surface area contributed by atoms with E-state index >= 15 is 0 Å². The maximum absolute atomic E-state index is 5.47. The molecule has 1 rings (SSSR count). The second-order valence-electron chi connectivity index (χ2n) is 2.85. The van der Waals surface area contributed by atoms with Gasteiger partial charge in [-0.15, -0.1) is 0 Å². The first-order valence-electron chi connectivity index (χ1n) is 3.78. The lowest BCUT2D eigenvalue weighted by Crippen LogP contribution is -2.50. The smallest absolute Gasteiger partial charge is 0.0589 e. The van der Waals surface area contributed by atoms with Crippen LogP contribution in [0, 0.1) is 5.92 Å². The summed E-state index contributed by atoms with van der Waals surface area (Å²) in [5, 5.41) is 0. The van der Waals surface area contributed by atoms with Crippen molar-refractivity contribution in [3.8, 4) is 0 Å².